The summed E-state index contributed by atoms with van der Waals surface area (Å²) in [7, 11) is 1.73. The molecule has 0 aromatic heterocycles. The van der Waals surface area contributed by atoms with Crippen molar-refractivity contribution in [2.45, 2.75) is 26.8 Å². The number of methoxy groups -OCH3 is 1. The van der Waals surface area contributed by atoms with Gasteiger partial charge in [0.25, 0.3) is 0 Å². The molecule has 13 heavy (non-hydrogen) atoms. The highest BCUT2D eigenvalue weighted by Crippen LogP contribution is 1.94. The molecule has 0 aromatic rings. The second kappa shape index (κ2) is 8.48. The van der Waals surface area contributed by atoms with Crippen LogP contribution in [0.2, 0.25) is 0 Å². The molecule has 0 aliphatic rings. The first-order valence-corrected chi connectivity index (χ1v) is 5.16. The molecule has 0 radical (unpaired) electrons. The predicted molar refractivity (Wildman–Crippen MR) is 57.1 cm³/mol. The summed E-state index contributed by atoms with van der Waals surface area (Å²) in [6, 6.07) is 0.647. The maximum Gasteiger partial charge on any atom is 0.0587 e. The second-order valence-electron chi connectivity index (χ2n) is 3.47. The molecule has 80 valence electrons. The van der Waals surface area contributed by atoms with Crippen molar-refractivity contribution in [1.82, 2.24) is 10.2 Å². The molecule has 0 aliphatic heterocycles. The summed E-state index contributed by atoms with van der Waals surface area (Å²) in [5, 5.41) is 3.34. The average Bonchev–Trinajstić information content (AvgIpc) is 2.10. The van der Waals surface area contributed by atoms with Gasteiger partial charge in [0.2, 0.25) is 0 Å². The van der Waals surface area contributed by atoms with Crippen molar-refractivity contribution in [2.75, 3.05) is 39.9 Å². The van der Waals surface area contributed by atoms with E-state index in [1.165, 1.54) is 0 Å². The highest BCUT2D eigenvalue weighted by atomic mass is 16.5. The highest BCUT2D eigenvalue weighted by Gasteiger charge is 2.04. The zero-order valence-corrected chi connectivity index (χ0v) is 9.47. The molecule has 0 aliphatic carbocycles. The monoisotopic (exact) mass is 188 g/mol. The number of likely N-dealkylation sites (N-methyl/N-ethyl adjacent to an activating group) is 1. The smallest absolute Gasteiger partial charge is 0.0587 e. The van der Waals surface area contributed by atoms with Crippen molar-refractivity contribution in [2.24, 2.45) is 0 Å². The zero-order valence-electron chi connectivity index (χ0n) is 9.47. The van der Waals surface area contributed by atoms with Gasteiger partial charge < -0.3 is 10.1 Å². The quantitative estimate of drug-likeness (QED) is 0.574. The molecule has 3 heteroatoms. The van der Waals surface area contributed by atoms with E-state index >= 15 is 0 Å². The Kier molecular flexibility index (Phi) is 8.40. The van der Waals surface area contributed by atoms with Gasteiger partial charge in [-0.15, -0.1) is 0 Å². The van der Waals surface area contributed by atoms with E-state index in [2.05, 4.69) is 31.0 Å². The number of ether oxygens (including phenoxy) is 1. The standard InChI is InChI=1S/C10H24N2O/c1-5-12(10(2)3)8-6-11-7-9-13-4/h10-11H,5-9H2,1-4H3. The van der Waals surface area contributed by atoms with Crippen LogP contribution in [0.5, 0.6) is 0 Å². The topological polar surface area (TPSA) is 24.5 Å². The van der Waals surface area contributed by atoms with Gasteiger partial charge in [0.05, 0.1) is 6.61 Å². The minimum absolute atomic E-state index is 0.647. The van der Waals surface area contributed by atoms with E-state index in [-0.39, 0.29) is 0 Å². The zero-order chi connectivity index (χ0) is 10.1. The molecule has 0 saturated carbocycles. The minimum atomic E-state index is 0.647. The molecule has 0 saturated heterocycles. The van der Waals surface area contributed by atoms with Crippen LogP contribution in [0.1, 0.15) is 20.8 Å². The van der Waals surface area contributed by atoms with Crippen molar-refractivity contribution in [3.63, 3.8) is 0 Å². The van der Waals surface area contributed by atoms with Gasteiger partial charge in [-0.3, -0.25) is 4.90 Å². The Bertz CT molecular complexity index is 107. The average molecular weight is 188 g/mol. The Hall–Kier alpha value is -0.120. The molecule has 0 fully saturated rings. The fourth-order valence-corrected chi connectivity index (χ4v) is 1.30. The van der Waals surface area contributed by atoms with Crippen molar-refractivity contribution in [3.8, 4) is 0 Å². The lowest BCUT2D eigenvalue weighted by atomic mass is 10.3. The molecule has 1 N–H and O–H groups in total. The third-order valence-electron chi connectivity index (χ3n) is 2.20. The second-order valence-corrected chi connectivity index (χ2v) is 3.47. The molecular formula is C10H24N2O. The SMILES string of the molecule is CCN(CCNCCOC)C(C)C. The molecule has 0 atom stereocenters. The van der Waals surface area contributed by atoms with E-state index in [9.17, 15) is 0 Å². The summed E-state index contributed by atoms with van der Waals surface area (Å²) in [5.41, 5.74) is 0. The molecule has 0 spiro atoms. The van der Waals surface area contributed by atoms with Gasteiger partial charge in [0.15, 0.2) is 0 Å². The van der Waals surface area contributed by atoms with Gasteiger partial charge in [-0.2, -0.15) is 0 Å². The number of hydrogen-bond acceptors (Lipinski definition) is 3. The third-order valence-corrected chi connectivity index (χ3v) is 2.20. The number of rotatable bonds is 8. The summed E-state index contributed by atoms with van der Waals surface area (Å²) < 4.78 is 4.95. The Morgan fingerprint density at radius 2 is 2.00 bits per heavy atom. The Morgan fingerprint density at radius 1 is 1.31 bits per heavy atom. The van der Waals surface area contributed by atoms with E-state index in [4.69, 9.17) is 4.74 Å². The first-order chi connectivity index (χ1) is 6.22. The lowest BCUT2D eigenvalue weighted by molar-refractivity contribution is 0.193. The largest absolute Gasteiger partial charge is 0.383 e. The molecule has 0 heterocycles. The van der Waals surface area contributed by atoms with Crippen LogP contribution in [0.15, 0.2) is 0 Å². The summed E-state index contributed by atoms with van der Waals surface area (Å²) in [5.74, 6) is 0. The van der Waals surface area contributed by atoms with Crippen LogP contribution in [0, 0.1) is 0 Å². The lowest BCUT2D eigenvalue weighted by Crippen LogP contribution is -2.37. The molecular weight excluding hydrogens is 164 g/mol. The van der Waals surface area contributed by atoms with Gasteiger partial charge in [0.1, 0.15) is 0 Å². The highest BCUT2D eigenvalue weighted by molar-refractivity contribution is 4.61. The van der Waals surface area contributed by atoms with Gasteiger partial charge in [0, 0.05) is 32.8 Å². The maximum atomic E-state index is 4.95. The van der Waals surface area contributed by atoms with E-state index in [0.717, 1.165) is 32.8 Å². The first-order valence-electron chi connectivity index (χ1n) is 5.16. The first kappa shape index (κ1) is 12.9. The van der Waals surface area contributed by atoms with Crippen molar-refractivity contribution in [3.05, 3.63) is 0 Å². The van der Waals surface area contributed by atoms with Crippen molar-refractivity contribution < 1.29 is 4.74 Å². The van der Waals surface area contributed by atoms with E-state index in [1.807, 2.05) is 0 Å². The Labute approximate surface area is 82.4 Å². The maximum absolute atomic E-state index is 4.95. The summed E-state index contributed by atoms with van der Waals surface area (Å²) >= 11 is 0. The van der Waals surface area contributed by atoms with Crippen molar-refractivity contribution >= 4 is 0 Å². The van der Waals surface area contributed by atoms with Crippen LogP contribution >= 0.6 is 0 Å². The molecule has 0 amide bonds. The van der Waals surface area contributed by atoms with E-state index in [1.54, 1.807) is 7.11 Å². The summed E-state index contributed by atoms with van der Waals surface area (Å²) in [6.45, 7) is 11.7. The fourth-order valence-electron chi connectivity index (χ4n) is 1.30. The van der Waals surface area contributed by atoms with Gasteiger partial charge in [-0.25, -0.2) is 0 Å². The Balaban J connectivity index is 3.28. The van der Waals surface area contributed by atoms with E-state index < -0.39 is 0 Å². The van der Waals surface area contributed by atoms with E-state index in [0.29, 0.717) is 6.04 Å². The fraction of sp³-hybridized carbons (Fsp3) is 1.00. The Morgan fingerprint density at radius 3 is 2.46 bits per heavy atom. The summed E-state index contributed by atoms with van der Waals surface area (Å²) in [6.07, 6.45) is 0. The van der Waals surface area contributed by atoms with Gasteiger partial charge in [-0.05, 0) is 20.4 Å². The molecule has 0 rings (SSSR count). The van der Waals surface area contributed by atoms with Crippen LogP contribution in [0.4, 0.5) is 0 Å². The van der Waals surface area contributed by atoms with Crippen LogP contribution < -0.4 is 5.32 Å². The third kappa shape index (κ3) is 6.99. The molecule has 0 aromatic carbocycles. The van der Waals surface area contributed by atoms with Crippen molar-refractivity contribution in [1.29, 1.82) is 0 Å². The number of hydrogen-bond donors (Lipinski definition) is 1. The van der Waals surface area contributed by atoms with Gasteiger partial charge >= 0.3 is 0 Å². The van der Waals surface area contributed by atoms with Gasteiger partial charge in [-0.1, -0.05) is 6.92 Å². The van der Waals surface area contributed by atoms with Crippen LogP contribution in [-0.2, 0) is 4.74 Å². The molecule has 3 nitrogen and oxygen atoms in total. The van der Waals surface area contributed by atoms with Crippen LogP contribution in [0.25, 0.3) is 0 Å². The summed E-state index contributed by atoms with van der Waals surface area (Å²) in [4.78, 5) is 2.44. The lowest BCUT2D eigenvalue weighted by Gasteiger charge is -2.24. The van der Waals surface area contributed by atoms with Crippen LogP contribution in [-0.4, -0.2) is 50.8 Å². The predicted octanol–water partition coefficient (Wildman–Crippen LogP) is 0.953. The number of nitrogens with zero attached hydrogens (tertiary/aromatic N) is 1. The normalized spacial score (nSPS) is 11.5. The number of nitrogens with one attached hydrogen (secondary N) is 1. The molecule has 0 unspecified atom stereocenters. The minimum Gasteiger partial charge on any atom is -0.383 e. The molecule has 0 bridgehead atoms. The van der Waals surface area contributed by atoms with Crippen LogP contribution in [0.3, 0.4) is 0 Å².